The number of carbonyl (C=O) groups is 1. The van der Waals surface area contributed by atoms with Gasteiger partial charge in [-0.1, -0.05) is 6.07 Å². The van der Waals surface area contributed by atoms with E-state index in [9.17, 15) is 4.79 Å². The molecule has 0 fully saturated rings. The third kappa shape index (κ3) is 2.73. The number of carboxylic acids is 1. The number of aliphatic carboxylic acids is 1. The van der Waals surface area contributed by atoms with E-state index in [1.54, 1.807) is 25.1 Å². The Morgan fingerprint density at radius 3 is 2.72 bits per heavy atom. The number of fused-ring (bicyclic) bond motifs is 1. The summed E-state index contributed by atoms with van der Waals surface area (Å²) in [4.78, 5) is 10.8. The zero-order valence-electron chi connectivity index (χ0n) is 10.3. The van der Waals surface area contributed by atoms with Crippen molar-refractivity contribution in [2.24, 2.45) is 5.73 Å². The van der Waals surface area contributed by atoms with Gasteiger partial charge in [-0.05, 0) is 24.6 Å². The number of ether oxygens (including phenoxy) is 2. The molecule has 5 heteroatoms. The van der Waals surface area contributed by atoms with Crippen LogP contribution in [-0.2, 0) is 10.3 Å². The Morgan fingerprint density at radius 2 is 2.06 bits per heavy atom. The van der Waals surface area contributed by atoms with E-state index in [1.807, 2.05) is 0 Å². The van der Waals surface area contributed by atoms with Crippen molar-refractivity contribution in [3.63, 3.8) is 0 Å². The maximum Gasteiger partial charge on any atom is 0.305 e. The molecule has 5 nitrogen and oxygen atoms in total. The molecule has 1 aliphatic rings. The summed E-state index contributed by atoms with van der Waals surface area (Å²) < 4.78 is 11.1. The molecule has 0 aromatic heterocycles. The summed E-state index contributed by atoms with van der Waals surface area (Å²) in [5, 5.41) is 8.86. The molecule has 1 unspecified atom stereocenters. The van der Waals surface area contributed by atoms with Crippen molar-refractivity contribution in [3.05, 3.63) is 23.8 Å². The molecule has 0 bridgehead atoms. The molecular formula is C13H17NO4. The highest BCUT2D eigenvalue weighted by Gasteiger charge is 2.26. The average Bonchev–Trinajstić information content (AvgIpc) is 2.51. The van der Waals surface area contributed by atoms with Crippen molar-refractivity contribution in [2.45, 2.75) is 25.3 Å². The van der Waals surface area contributed by atoms with Crippen molar-refractivity contribution >= 4 is 5.97 Å². The summed E-state index contributed by atoms with van der Waals surface area (Å²) in [6.45, 7) is 2.92. The molecule has 0 aliphatic carbocycles. The molecule has 0 saturated heterocycles. The van der Waals surface area contributed by atoms with Gasteiger partial charge in [0, 0.05) is 12.0 Å². The molecular weight excluding hydrogens is 234 g/mol. The molecule has 0 amide bonds. The first kappa shape index (κ1) is 12.7. The lowest BCUT2D eigenvalue weighted by Crippen LogP contribution is -2.35. The predicted octanol–water partition coefficient (Wildman–Crippen LogP) is 1.50. The number of carboxylic acid groups (broad SMARTS) is 1. The zero-order valence-corrected chi connectivity index (χ0v) is 10.3. The van der Waals surface area contributed by atoms with Gasteiger partial charge in [-0.25, -0.2) is 0 Å². The molecule has 0 spiro atoms. The van der Waals surface area contributed by atoms with E-state index in [0.717, 1.165) is 12.0 Å². The second kappa shape index (κ2) is 4.86. The number of rotatable bonds is 3. The van der Waals surface area contributed by atoms with Crippen LogP contribution in [0, 0.1) is 0 Å². The first-order valence-electron chi connectivity index (χ1n) is 5.90. The summed E-state index contributed by atoms with van der Waals surface area (Å²) in [5.41, 5.74) is 5.84. The van der Waals surface area contributed by atoms with Crippen molar-refractivity contribution in [3.8, 4) is 11.5 Å². The highest BCUT2D eigenvalue weighted by atomic mass is 16.5. The van der Waals surface area contributed by atoms with Gasteiger partial charge >= 0.3 is 5.97 Å². The first-order chi connectivity index (χ1) is 8.49. The Kier molecular flexibility index (Phi) is 3.43. The van der Waals surface area contributed by atoms with Gasteiger partial charge < -0.3 is 20.3 Å². The molecule has 2 rings (SSSR count). The van der Waals surface area contributed by atoms with Crippen molar-refractivity contribution in [1.82, 2.24) is 0 Å². The van der Waals surface area contributed by atoms with Crippen LogP contribution in [0.4, 0.5) is 0 Å². The van der Waals surface area contributed by atoms with Gasteiger partial charge in [0.25, 0.3) is 0 Å². The van der Waals surface area contributed by atoms with Gasteiger partial charge in [-0.3, -0.25) is 4.79 Å². The van der Waals surface area contributed by atoms with Crippen LogP contribution in [0.15, 0.2) is 18.2 Å². The van der Waals surface area contributed by atoms with Crippen LogP contribution in [0.1, 0.15) is 25.3 Å². The molecule has 0 radical (unpaired) electrons. The molecule has 1 aromatic rings. The Morgan fingerprint density at radius 1 is 1.39 bits per heavy atom. The average molecular weight is 251 g/mol. The van der Waals surface area contributed by atoms with E-state index in [4.69, 9.17) is 20.3 Å². The monoisotopic (exact) mass is 251 g/mol. The summed E-state index contributed by atoms with van der Waals surface area (Å²) >= 11 is 0. The normalized spacial score (nSPS) is 17.7. The number of benzene rings is 1. The van der Waals surface area contributed by atoms with E-state index in [-0.39, 0.29) is 6.42 Å². The third-order valence-electron chi connectivity index (χ3n) is 2.93. The maximum atomic E-state index is 10.8. The third-order valence-corrected chi connectivity index (χ3v) is 2.93. The lowest BCUT2D eigenvalue weighted by molar-refractivity contribution is -0.138. The highest BCUT2D eigenvalue weighted by molar-refractivity contribution is 5.69. The molecule has 1 heterocycles. The fourth-order valence-electron chi connectivity index (χ4n) is 1.93. The van der Waals surface area contributed by atoms with E-state index < -0.39 is 11.5 Å². The Bertz CT molecular complexity index is 456. The summed E-state index contributed by atoms with van der Waals surface area (Å²) in [7, 11) is 0. The van der Waals surface area contributed by atoms with Gasteiger partial charge in [0.1, 0.15) is 0 Å². The molecule has 1 aromatic carbocycles. The van der Waals surface area contributed by atoms with Gasteiger partial charge in [-0.2, -0.15) is 0 Å². The SMILES string of the molecule is CC(N)(CC(=O)O)c1ccc2c(c1)OCCCO2. The highest BCUT2D eigenvalue weighted by Crippen LogP contribution is 2.34. The fraction of sp³-hybridized carbons (Fsp3) is 0.462. The Labute approximate surface area is 106 Å². The van der Waals surface area contributed by atoms with Crippen LogP contribution in [0.2, 0.25) is 0 Å². The van der Waals surface area contributed by atoms with E-state index in [0.29, 0.717) is 24.7 Å². The summed E-state index contributed by atoms with van der Waals surface area (Å²) in [6.07, 6.45) is 0.700. The van der Waals surface area contributed by atoms with Crippen LogP contribution in [0.3, 0.4) is 0 Å². The molecule has 0 saturated carbocycles. The number of hydrogen-bond acceptors (Lipinski definition) is 4. The largest absolute Gasteiger partial charge is 0.490 e. The van der Waals surface area contributed by atoms with Gasteiger partial charge in [-0.15, -0.1) is 0 Å². The summed E-state index contributed by atoms with van der Waals surface area (Å²) in [5.74, 6) is 0.390. The smallest absolute Gasteiger partial charge is 0.305 e. The minimum Gasteiger partial charge on any atom is -0.490 e. The molecule has 3 N–H and O–H groups in total. The van der Waals surface area contributed by atoms with Crippen LogP contribution in [0.25, 0.3) is 0 Å². The van der Waals surface area contributed by atoms with Crippen LogP contribution in [0.5, 0.6) is 11.5 Å². The summed E-state index contributed by atoms with van der Waals surface area (Å²) in [6, 6.07) is 5.34. The molecule has 1 atom stereocenters. The topological polar surface area (TPSA) is 81.8 Å². The Hall–Kier alpha value is -1.75. The van der Waals surface area contributed by atoms with Gasteiger partial charge in [0.2, 0.25) is 0 Å². The minimum atomic E-state index is -0.924. The molecule has 98 valence electrons. The lowest BCUT2D eigenvalue weighted by Gasteiger charge is -2.24. The predicted molar refractivity (Wildman–Crippen MR) is 65.8 cm³/mol. The van der Waals surface area contributed by atoms with E-state index in [2.05, 4.69) is 0 Å². The zero-order chi connectivity index (χ0) is 13.2. The quantitative estimate of drug-likeness (QED) is 0.850. The van der Waals surface area contributed by atoms with Crippen LogP contribution >= 0.6 is 0 Å². The number of hydrogen-bond donors (Lipinski definition) is 2. The van der Waals surface area contributed by atoms with Gasteiger partial charge in [0.05, 0.1) is 19.6 Å². The van der Waals surface area contributed by atoms with E-state index in [1.165, 1.54) is 0 Å². The fourth-order valence-corrected chi connectivity index (χ4v) is 1.93. The molecule has 1 aliphatic heterocycles. The second-order valence-corrected chi connectivity index (χ2v) is 4.70. The van der Waals surface area contributed by atoms with Crippen LogP contribution in [-0.4, -0.2) is 24.3 Å². The maximum absolute atomic E-state index is 10.8. The second-order valence-electron chi connectivity index (χ2n) is 4.70. The van der Waals surface area contributed by atoms with E-state index >= 15 is 0 Å². The van der Waals surface area contributed by atoms with Crippen molar-refractivity contribution in [2.75, 3.05) is 13.2 Å². The van der Waals surface area contributed by atoms with Crippen molar-refractivity contribution in [1.29, 1.82) is 0 Å². The minimum absolute atomic E-state index is 0.132. The number of nitrogens with two attached hydrogens (primary N) is 1. The standard InChI is InChI=1S/C13H17NO4/c1-13(14,8-12(15)16)9-3-4-10-11(7-9)18-6-2-5-17-10/h3-4,7H,2,5-6,8,14H2,1H3,(H,15,16). The lowest BCUT2D eigenvalue weighted by atomic mass is 9.89. The first-order valence-corrected chi connectivity index (χ1v) is 5.90. The molecule has 18 heavy (non-hydrogen) atoms. The van der Waals surface area contributed by atoms with Gasteiger partial charge in [0.15, 0.2) is 11.5 Å². The van der Waals surface area contributed by atoms with Crippen molar-refractivity contribution < 1.29 is 19.4 Å². The van der Waals surface area contributed by atoms with Crippen LogP contribution < -0.4 is 15.2 Å². The Balaban J connectivity index is 2.30.